The summed E-state index contributed by atoms with van der Waals surface area (Å²) in [6.45, 7) is 13.4. The van der Waals surface area contributed by atoms with Crippen LogP contribution < -0.4 is 0 Å². The summed E-state index contributed by atoms with van der Waals surface area (Å²) in [6.07, 6.45) is 8.14. The number of H-pyrrole nitrogens is 1. The summed E-state index contributed by atoms with van der Waals surface area (Å²) in [5.41, 5.74) is 8.26. The highest BCUT2D eigenvalue weighted by Gasteiger charge is 2.31. The van der Waals surface area contributed by atoms with Gasteiger partial charge in [-0.3, -0.25) is 4.99 Å². The summed E-state index contributed by atoms with van der Waals surface area (Å²) in [5.74, 6) is 0. The third kappa shape index (κ3) is 3.30. The Kier molecular flexibility index (Phi) is 4.75. The van der Waals surface area contributed by atoms with Gasteiger partial charge in [0.1, 0.15) is 0 Å². The van der Waals surface area contributed by atoms with E-state index in [1.165, 1.54) is 53.1 Å². The van der Waals surface area contributed by atoms with E-state index in [2.05, 4.69) is 52.7 Å². The molecule has 0 bridgehead atoms. The molecule has 1 N–H and O–H groups in total. The number of nitrogens with one attached hydrogen (secondary N) is 1. The van der Waals surface area contributed by atoms with Crippen LogP contribution in [0.5, 0.6) is 0 Å². The smallest absolute Gasteiger partial charge is 0.0464 e. The molecule has 1 aromatic rings. The average Bonchev–Trinajstić information content (AvgIpc) is 2.88. The van der Waals surface area contributed by atoms with E-state index >= 15 is 0 Å². The van der Waals surface area contributed by atoms with Crippen LogP contribution in [0.1, 0.15) is 76.6 Å². The van der Waals surface area contributed by atoms with Crippen molar-refractivity contribution in [1.82, 2.24) is 4.98 Å². The highest BCUT2D eigenvalue weighted by atomic mass is 14.8. The summed E-state index contributed by atoms with van der Waals surface area (Å²) in [7, 11) is 0. The molecule has 2 heteroatoms. The SMILES string of the molecule is CCCCC/C(=C1/CC(C)(C)C(C)=N1)c1[nH]cc(C)c1C. The largest absolute Gasteiger partial charge is 0.361 e. The van der Waals surface area contributed by atoms with Crippen molar-refractivity contribution in [2.75, 3.05) is 0 Å². The van der Waals surface area contributed by atoms with Gasteiger partial charge in [0, 0.05) is 35.1 Å². The van der Waals surface area contributed by atoms with Crippen LogP contribution in [-0.2, 0) is 0 Å². The summed E-state index contributed by atoms with van der Waals surface area (Å²) in [4.78, 5) is 8.42. The van der Waals surface area contributed by atoms with Crippen molar-refractivity contribution in [2.24, 2.45) is 10.4 Å². The molecule has 0 saturated heterocycles. The summed E-state index contributed by atoms with van der Waals surface area (Å²) >= 11 is 0. The van der Waals surface area contributed by atoms with Gasteiger partial charge in [0.25, 0.3) is 0 Å². The van der Waals surface area contributed by atoms with Gasteiger partial charge >= 0.3 is 0 Å². The van der Waals surface area contributed by atoms with Crippen molar-refractivity contribution in [1.29, 1.82) is 0 Å². The number of nitrogens with zero attached hydrogens (tertiary/aromatic N) is 1. The highest BCUT2D eigenvalue weighted by Crippen LogP contribution is 2.40. The molecule has 2 heterocycles. The van der Waals surface area contributed by atoms with E-state index in [9.17, 15) is 0 Å². The fourth-order valence-corrected chi connectivity index (χ4v) is 2.99. The fourth-order valence-electron chi connectivity index (χ4n) is 2.99. The lowest BCUT2D eigenvalue weighted by Gasteiger charge is -2.17. The van der Waals surface area contributed by atoms with Crippen LogP contribution in [0.4, 0.5) is 0 Å². The lowest BCUT2D eigenvalue weighted by atomic mass is 9.85. The minimum absolute atomic E-state index is 0.209. The highest BCUT2D eigenvalue weighted by molar-refractivity contribution is 5.92. The number of hydrogen-bond donors (Lipinski definition) is 1. The standard InChI is InChI=1S/C19H30N2/c1-7-8-9-10-16(18-14(3)13(2)12-20-18)17-11-19(5,6)15(4)21-17/h12,20H,7-11H2,1-6H3/b17-16+. The van der Waals surface area contributed by atoms with E-state index < -0.39 is 0 Å². The minimum Gasteiger partial charge on any atom is -0.361 e. The first kappa shape index (κ1) is 16.1. The molecule has 2 rings (SSSR count). The molecule has 0 aromatic carbocycles. The lowest BCUT2D eigenvalue weighted by Crippen LogP contribution is -2.15. The Labute approximate surface area is 129 Å². The molecule has 1 aliphatic heterocycles. The van der Waals surface area contributed by atoms with E-state index in [0.717, 1.165) is 12.8 Å². The molecule has 0 spiro atoms. The fraction of sp³-hybridized carbons (Fsp3) is 0.632. The van der Waals surface area contributed by atoms with E-state index in [-0.39, 0.29) is 5.41 Å². The van der Waals surface area contributed by atoms with Gasteiger partial charge in [-0.05, 0) is 50.3 Å². The Morgan fingerprint density at radius 1 is 1.24 bits per heavy atom. The molecule has 2 nitrogen and oxygen atoms in total. The average molecular weight is 286 g/mol. The van der Waals surface area contributed by atoms with Gasteiger partial charge in [0.2, 0.25) is 0 Å². The Hall–Kier alpha value is -1.31. The van der Waals surface area contributed by atoms with Crippen molar-refractivity contribution in [3.8, 4) is 0 Å². The summed E-state index contributed by atoms with van der Waals surface area (Å²) in [6, 6.07) is 0. The van der Waals surface area contributed by atoms with Crippen molar-refractivity contribution >= 4 is 11.3 Å². The van der Waals surface area contributed by atoms with Crippen molar-refractivity contribution < 1.29 is 0 Å². The number of hydrogen-bond acceptors (Lipinski definition) is 1. The molecule has 0 unspecified atom stereocenters. The first-order valence-electron chi connectivity index (χ1n) is 8.29. The third-order valence-electron chi connectivity index (χ3n) is 4.97. The Balaban J connectivity index is 2.40. The maximum absolute atomic E-state index is 4.92. The molecule has 0 amide bonds. The predicted molar refractivity (Wildman–Crippen MR) is 92.8 cm³/mol. The number of aryl methyl sites for hydroxylation is 1. The Bertz CT molecular complexity index is 570. The zero-order valence-corrected chi connectivity index (χ0v) is 14.6. The van der Waals surface area contributed by atoms with E-state index in [0.29, 0.717) is 0 Å². The molecule has 0 radical (unpaired) electrons. The molecule has 1 aliphatic rings. The van der Waals surface area contributed by atoms with E-state index in [1.807, 2.05) is 0 Å². The summed E-state index contributed by atoms with van der Waals surface area (Å²) in [5, 5.41) is 0. The second kappa shape index (κ2) is 6.21. The molecule has 0 fully saturated rings. The third-order valence-corrected chi connectivity index (χ3v) is 4.97. The molecule has 0 atom stereocenters. The molecule has 1 aromatic heterocycles. The van der Waals surface area contributed by atoms with Crippen LogP contribution in [0, 0.1) is 19.3 Å². The second-order valence-electron chi connectivity index (χ2n) is 7.11. The van der Waals surface area contributed by atoms with Crippen molar-refractivity contribution in [3.63, 3.8) is 0 Å². The number of aliphatic imine (C=N–C) groups is 1. The number of allylic oxidation sites excluding steroid dienone is 2. The van der Waals surface area contributed by atoms with Crippen LogP contribution >= 0.6 is 0 Å². The second-order valence-corrected chi connectivity index (χ2v) is 7.11. The van der Waals surface area contributed by atoms with Crippen LogP contribution in [-0.4, -0.2) is 10.7 Å². The predicted octanol–water partition coefficient (Wildman–Crippen LogP) is 5.81. The molecule has 116 valence electrons. The Morgan fingerprint density at radius 3 is 2.43 bits per heavy atom. The van der Waals surface area contributed by atoms with E-state index in [4.69, 9.17) is 4.99 Å². The van der Waals surface area contributed by atoms with Crippen molar-refractivity contribution in [3.05, 3.63) is 28.7 Å². The van der Waals surface area contributed by atoms with Gasteiger partial charge in [-0.2, -0.15) is 0 Å². The maximum Gasteiger partial charge on any atom is 0.0464 e. The number of aromatic amines is 1. The van der Waals surface area contributed by atoms with Gasteiger partial charge in [0.15, 0.2) is 0 Å². The molecule has 21 heavy (non-hydrogen) atoms. The molecular formula is C19H30N2. The van der Waals surface area contributed by atoms with Crippen LogP contribution in [0.2, 0.25) is 0 Å². The lowest BCUT2D eigenvalue weighted by molar-refractivity contribution is 0.539. The minimum atomic E-state index is 0.209. The monoisotopic (exact) mass is 286 g/mol. The normalized spacial score (nSPS) is 19.8. The molecule has 0 aliphatic carbocycles. The van der Waals surface area contributed by atoms with E-state index in [1.54, 1.807) is 0 Å². The maximum atomic E-state index is 4.92. The van der Waals surface area contributed by atoms with Gasteiger partial charge in [-0.15, -0.1) is 0 Å². The first-order chi connectivity index (χ1) is 9.86. The topological polar surface area (TPSA) is 28.1 Å². The number of unbranched alkanes of at least 4 members (excludes halogenated alkanes) is 2. The molecular weight excluding hydrogens is 256 g/mol. The summed E-state index contributed by atoms with van der Waals surface area (Å²) < 4.78 is 0. The Morgan fingerprint density at radius 2 is 1.95 bits per heavy atom. The van der Waals surface area contributed by atoms with Gasteiger partial charge in [-0.25, -0.2) is 0 Å². The van der Waals surface area contributed by atoms with Gasteiger partial charge in [0.05, 0.1) is 0 Å². The van der Waals surface area contributed by atoms with Crippen molar-refractivity contribution in [2.45, 2.75) is 73.6 Å². The van der Waals surface area contributed by atoms with Gasteiger partial charge < -0.3 is 4.98 Å². The zero-order valence-electron chi connectivity index (χ0n) is 14.6. The van der Waals surface area contributed by atoms with Crippen LogP contribution in [0.3, 0.4) is 0 Å². The van der Waals surface area contributed by atoms with Gasteiger partial charge in [-0.1, -0.05) is 33.6 Å². The quantitative estimate of drug-likeness (QED) is 0.661. The van der Waals surface area contributed by atoms with Crippen LogP contribution in [0.15, 0.2) is 16.9 Å². The zero-order chi connectivity index (χ0) is 15.6. The molecule has 0 saturated carbocycles. The number of aromatic nitrogens is 1. The van der Waals surface area contributed by atoms with Crippen LogP contribution in [0.25, 0.3) is 5.57 Å². The first-order valence-corrected chi connectivity index (χ1v) is 8.29. The number of rotatable bonds is 5.